The van der Waals surface area contributed by atoms with E-state index < -0.39 is 0 Å². The summed E-state index contributed by atoms with van der Waals surface area (Å²) in [5.74, 6) is 0.258. The molecule has 5 nitrogen and oxygen atoms in total. The Labute approximate surface area is 104 Å². The molecule has 1 aliphatic rings. The van der Waals surface area contributed by atoms with Crippen LogP contribution in [0, 0.1) is 5.82 Å². The van der Waals surface area contributed by atoms with Crippen molar-refractivity contribution < 1.29 is 4.39 Å². The van der Waals surface area contributed by atoms with Crippen molar-refractivity contribution in [1.29, 1.82) is 0 Å². The van der Waals surface area contributed by atoms with Gasteiger partial charge in [-0.15, -0.1) is 5.10 Å². The Morgan fingerprint density at radius 2 is 2.39 bits per heavy atom. The average Bonchev–Trinajstić information content (AvgIpc) is 2.70. The zero-order valence-corrected chi connectivity index (χ0v) is 10.2. The van der Waals surface area contributed by atoms with Crippen LogP contribution in [0.1, 0.15) is 19.8 Å². The lowest BCUT2D eigenvalue weighted by molar-refractivity contribution is 0.395. The molecule has 2 aromatic heterocycles. The number of anilines is 1. The van der Waals surface area contributed by atoms with Gasteiger partial charge in [0.2, 0.25) is 5.95 Å². The number of fused-ring (bicyclic) bond motifs is 1. The summed E-state index contributed by atoms with van der Waals surface area (Å²) < 4.78 is 14.5. The van der Waals surface area contributed by atoms with E-state index in [9.17, 15) is 4.39 Å². The first-order valence-corrected chi connectivity index (χ1v) is 6.22. The number of aromatic nitrogens is 3. The fourth-order valence-electron chi connectivity index (χ4n) is 2.36. The number of piperidine rings is 1. The Balaban J connectivity index is 1.78. The molecule has 3 rings (SSSR count). The van der Waals surface area contributed by atoms with Gasteiger partial charge in [-0.1, -0.05) is 0 Å². The van der Waals surface area contributed by atoms with E-state index >= 15 is 0 Å². The van der Waals surface area contributed by atoms with Crippen LogP contribution in [0.3, 0.4) is 0 Å². The van der Waals surface area contributed by atoms with Gasteiger partial charge in [0.15, 0.2) is 5.65 Å². The van der Waals surface area contributed by atoms with E-state index in [-0.39, 0.29) is 5.82 Å². The first kappa shape index (κ1) is 11.4. The number of halogens is 1. The predicted molar refractivity (Wildman–Crippen MR) is 67.1 cm³/mol. The minimum absolute atomic E-state index is 0.311. The van der Waals surface area contributed by atoms with Gasteiger partial charge >= 0.3 is 0 Å². The van der Waals surface area contributed by atoms with E-state index in [0.29, 0.717) is 23.7 Å². The van der Waals surface area contributed by atoms with Crippen LogP contribution in [-0.2, 0) is 0 Å². The minimum Gasteiger partial charge on any atom is -0.350 e. The van der Waals surface area contributed by atoms with Crippen molar-refractivity contribution in [1.82, 2.24) is 19.9 Å². The van der Waals surface area contributed by atoms with E-state index in [4.69, 9.17) is 0 Å². The van der Waals surface area contributed by atoms with Crippen LogP contribution in [0.4, 0.5) is 10.3 Å². The van der Waals surface area contributed by atoms with Gasteiger partial charge in [-0.2, -0.15) is 4.98 Å². The molecular formula is C12H16FN5. The molecule has 0 spiro atoms. The molecule has 1 fully saturated rings. The molecule has 0 saturated carbocycles. The van der Waals surface area contributed by atoms with Crippen molar-refractivity contribution in [2.75, 3.05) is 11.9 Å². The quantitative estimate of drug-likeness (QED) is 0.845. The molecule has 0 amide bonds. The third-order valence-electron chi connectivity index (χ3n) is 3.25. The van der Waals surface area contributed by atoms with Crippen LogP contribution < -0.4 is 10.6 Å². The molecule has 2 aromatic rings. The number of hydrogen-bond donors (Lipinski definition) is 2. The third-order valence-corrected chi connectivity index (χ3v) is 3.25. The first-order valence-electron chi connectivity index (χ1n) is 6.22. The average molecular weight is 249 g/mol. The van der Waals surface area contributed by atoms with Crippen molar-refractivity contribution in [2.45, 2.75) is 31.8 Å². The third kappa shape index (κ3) is 2.28. The Kier molecular flexibility index (Phi) is 2.87. The Bertz CT molecular complexity index is 552. The standard InChI is InChI=1S/C12H16FN5/c1-8-6-10(4-5-14-8)15-12-16-11-3-2-9(13)7-18(11)17-12/h2-3,7-8,10,14H,4-6H2,1H3,(H,15,17). The zero-order chi connectivity index (χ0) is 12.5. The van der Waals surface area contributed by atoms with Crippen molar-refractivity contribution >= 4 is 11.6 Å². The fraction of sp³-hybridized carbons (Fsp3) is 0.500. The highest BCUT2D eigenvalue weighted by molar-refractivity contribution is 5.43. The second kappa shape index (κ2) is 4.53. The molecule has 3 heterocycles. The second-order valence-corrected chi connectivity index (χ2v) is 4.81. The molecule has 18 heavy (non-hydrogen) atoms. The maximum atomic E-state index is 13.0. The Hall–Kier alpha value is -1.69. The van der Waals surface area contributed by atoms with Crippen molar-refractivity contribution in [3.63, 3.8) is 0 Å². The zero-order valence-electron chi connectivity index (χ0n) is 10.2. The molecule has 1 aliphatic heterocycles. The van der Waals surface area contributed by atoms with Gasteiger partial charge in [0.25, 0.3) is 0 Å². The van der Waals surface area contributed by atoms with E-state index in [0.717, 1.165) is 19.4 Å². The second-order valence-electron chi connectivity index (χ2n) is 4.81. The smallest absolute Gasteiger partial charge is 0.243 e. The van der Waals surface area contributed by atoms with E-state index in [1.54, 1.807) is 6.07 Å². The summed E-state index contributed by atoms with van der Waals surface area (Å²) in [7, 11) is 0. The predicted octanol–water partition coefficient (Wildman–Crippen LogP) is 1.42. The number of rotatable bonds is 2. The fourth-order valence-corrected chi connectivity index (χ4v) is 2.36. The number of nitrogens with one attached hydrogen (secondary N) is 2. The summed E-state index contributed by atoms with van der Waals surface area (Å²) in [5, 5.41) is 10.9. The molecule has 6 heteroatoms. The van der Waals surface area contributed by atoms with E-state index in [1.807, 2.05) is 0 Å². The van der Waals surface area contributed by atoms with E-state index in [2.05, 4.69) is 27.6 Å². The summed E-state index contributed by atoms with van der Waals surface area (Å²) in [6.07, 6.45) is 3.43. The molecule has 0 radical (unpaired) electrons. The van der Waals surface area contributed by atoms with Gasteiger partial charge < -0.3 is 10.6 Å². The van der Waals surface area contributed by atoms with Crippen LogP contribution in [-0.4, -0.2) is 33.2 Å². The Morgan fingerprint density at radius 1 is 1.50 bits per heavy atom. The number of nitrogens with zero attached hydrogens (tertiary/aromatic N) is 3. The molecule has 2 unspecified atom stereocenters. The summed E-state index contributed by atoms with van der Waals surface area (Å²) in [5.41, 5.74) is 0.654. The molecule has 0 bridgehead atoms. The summed E-state index contributed by atoms with van der Waals surface area (Å²) in [6.45, 7) is 3.17. The van der Waals surface area contributed by atoms with Gasteiger partial charge in [0.1, 0.15) is 5.82 Å². The first-order chi connectivity index (χ1) is 8.70. The Morgan fingerprint density at radius 3 is 3.22 bits per heavy atom. The van der Waals surface area contributed by atoms with Crippen LogP contribution in [0.5, 0.6) is 0 Å². The normalized spacial score (nSPS) is 24.3. The largest absolute Gasteiger partial charge is 0.350 e. The lowest BCUT2D eigenvalue weighted by Crippen LogP contribution is -2.41. The number of hydrogen-bond acceptors (Lipinski definition) is 4. The van der Waals surface area contributed by atoms with Gasteiger partial charge in [-0.3, -0.25) is 0 Å². The van der Waals surface area contributed by atoms with Crippen molar-refractivity contribution in [2.24, 2.45) is 0 Å². The van der Waals surface area contributed by atoms with Gasteiger partial charge in [-0.05, 0) is 38.4 Å². The van der Waals surface area contributed by atoms with E-state index in [1.165, 1.54) is 16.8 Å². The summed E-state index contributed by atoms with van der Waals surface area (Å²) in [6, 6.07) is 3.90. The van der Waals surface area contributed by atoms with Gasteiger partial charge in [0.05, 0.1) is 6.20 Å². The monoisotopic (exact) mass is 249 g/mol. The van der Waals surface area contributed by atoms with Gasteiger partial charge in [-0.25, -0.2) is 8.91 Å². The van der Waals surface area contributed by atoms with Crippen LogP contribution in [0.15, 0.2) is 18.3 Å². The van der Waals surface area contributed by atoms with Crippen LogP contribution in [0.2, 0.25) is 0 Å². The topological polar surface area (TPSA) is 54.2 Å². The molecular weight excluding hydrogens is 233 g/mol. The number of pyridine rings is 1. The lowest BCUT2D eigenvalue weighted by Gasteiger charge is -2.28. The van der Waals surface area contributed by atoms with Crippen LogP contribution >= 0.6 is 0 Å². The van der Waals surface area contributed by atoms with Crippen molar-refractivity contribution in [3.8, 4) is 0 Å². The molecule has 0 aromatic carbocycles. The molecule has 0 aliphatic carbocycles. The van der Waals surface area contributed by atoms with Crippen molar-refractivity contribution in [3.05, 3.63) is 24.1 Å². The highest BCUT2D eigenvalue weighted by Gasteiger charge is 2.19. The minimum atomic E-state index is -0.311. The SMILES string of the molecule is CC1CC(Nc2nc3ccc(F)cn3n2)CCN1. The molecule has 1 saturated heterocycles. The van der Waals surface area contributed by atoms with Crippen LogP contribution in [0.25, 0.3) is 5.65 Å². The highest BCUT2D eigenvalue weighted by Crippen LogP contribution is 2.14. The molecule has 2 atom stereocenters. The van der Waals surface area contributed by atoms with Gasteiger partial charge in [0, 0.05) is 12.1 Å². The molecule has 96 valence electrons. The summed E-state index contributed by atoms with van der Waals surface area (Å²) in [4.78, 5) is 4.33. The molecule has 2 N–H and O–H groups in total. The maximum Gasteiger partial charge on any atom is 0.243 e. The lowest BCUT2D eigenvalue weighted by atomic mass is 10.0. The maximum absolute atomic E-state index is 13.0. The highest BCUT2D eigenvalue weighted by atomic mass is 19.1. The summed E-state index contributed by atoms with van der Waals surface area (Å²) >= 11 is 0.